The lowest BCUT2D eigenvalue weighted by Gasteiger charge is -2.10. The van der Waals surface area contributed by atoms with Crippen molar-refractivity contribution >= 4 is 44.1 Å². The summed E-state index contributed by atoms with van der Waals surface area (Å²) >= 11 is 9.45. The van der Waals surface area contributed by atoms with Gasteiger partial charge in [0, 0.05) is 15.6 Å². The molecule has 0 aliphatic carbocycles. The first-order chi connectivity index (χ1) is 10.1. The van der Waals surface area contributed by atoms with Gasteiger partial charge in [-0.1, -0.05) is 48.0 Å². The SMILES string of the molecule is Cc1ccc2ccccc2c1C(=O)c1ccc(Br)c(Cl)c1. The van der Waals surface area contributed by atoms with Crippen molar-refractivity contribution in [2.75, 3.05) is 0 Å². The fourth-order valence-electron chi connectivity index (χ4n) is 2.46. The molecule has 0 unspecified atom stereocenters. The molecule has 0 atom stereocenters. The third-order valence-electron chi connectivity index (χ3n) is 3.55. The maximum atomic E-state index is 12.9. The number of hydrogen-bond donors (Lipinski definition) is 0. The molecule has 3 heteroatoms. The molecule has 0 saturated carbocycles. The first kappa shape index (κ1) is 14.3. The number of aryl methyl sites for hydroxylation is 1. The molecule has 104 valence electrons. The standard InChI is InChI=1S/C18H12BrClO/c1-11-6-7-12-4-2-3-5-14(12)17(11)18(21)13-8-9-15(19)16(20)10-13/h2-10H,1H3. The molecule has 0 N–H and O–H groups in total. The smallest absolute Gasteiger partial charge is 0.193 e. The quantitative estimate of drug-likeness (QED) is 0.529. The van der Waals surface area contributed by atoms with E-state index in [-0.39, 0.29) is 5.78 Å². The summed E-state index contributed by atoms with van der Waals surface area (Å²) in [4.78, 5) is 12.9. The van der Waals surface area contributed by atoms with Crippen LogP contribution in [0, 0.1) is 6.92 Å². The van der Waals surface area contributed by atoms with Crippen LogP contribution in [-0.2, 0) is 0 Å². The van der Waals surface area contributed by atoms with Gasteiger partial charge in [-0.05, 0) is 57.4 Å². The molecule has 3 aromatic carbocycles. The van der Waals surface area contributed by atoms with Gasteiger partial charge in [-0.15, -0.1) is 0 Å². The van der Waals surface area contributed by atoms with Gasteiger partial charge in [-0.3, -0.25) is 4.79 Å². The van der Waals surface area contributed by atoms with Gasteiger partial charge in [0.2, 0.25) is 0 Å². The monoisotopic (exact) mass is 358 g/mol. The summed E-state index contributed by atoms with van der Waals surface area (Å²) in [5.41, 5.74) is 2.31. The molecule has 0 heterocycles. The molecule has 0 aliphatic heterocycles. The fourth-order valence-corrected chi connectivity index (χ4v) is 2.89. The molecule has 21 heavy (non-hydrogen) atoms. The van der Waals surface area contributed by atoms with Crippen molar-refractivity contribution in [3.8, 4) is 0 Å². The second kappa shape index (κ2) is 5.63. The van der Waals surface area contributed by atoms with Gasteiger partial charge >= 0.3 is 0 Å². The summed E-state index contributed by atoms with van der Waals surface area (Å²) in [7, 11) is 0. The fraction of sp³-hybridized carbons (Fsp3) is 0.0556. The highest BCUT2D eigenvalue weighted by Gasteiger charge is 2.16. The lowest BCUT2D eigenvalue weighted by molar-refractivity contribution is 0.103. The predicted molar refractivity (Wildman–Crippen MR) is 91.3 cm³/mol. The lowest BCUT2D eigenvalue weighted by atomic mass is 9.93. The Bertz CT molecular complexity index is 855. The van der Waals surface area contributed by atoms with Gasteiger partial charge in [0.15, 0.2) is 5.78 Å². The molecule has 3 rings (SSSR count). The number of benzene rings is 3. The number of ketones is 1. The van der Waals surface area contributed by atoms with Crippen molar-refractivity contribution in [3.05, 3.63) is 80.8 Å². The molecule has 0 radical (unpaired) electrons. The highest BCUT2D eigenvalue weighted by molar-refractivity contribution is 9.10. The van der Waals surface area contributed by atoms with Gasteiger partial charge in [-0.2, -0.15) is 0 Å². The van der Waals surface area contributed by atoms with E-state index in [2.05, 4.69) is 15.9 Å². The molecular weight excluding hydrogens is 348 g/mol. The van der Waals surface area contributed by atoms with Crippen LogP contribution < -0.4 is 0 Å². The van der Waals surface area contributed by atoms with E-state index >= 15 is 0 Å². The van der Waals surface area contributed by atoms with Gasteiger partial charge in [0.1, 0.15) is 0 Å². The maximum Gasteiger partial charge on any atom is 0.193 e. The maximum absolute atomic E-state index is 12.9. The minimum absolute atomic E-state index is 0.00120. The zero-order valence-electron chi connectivity index (χ0n) is 11.4. The van der Waals surface area contributed by atoms with Crippen LogP contribution in [0.3, 0.4) is 0 Å². The highest BCUT2D eigenvalue weighted by Crippen LogP contribution is 2.28. The van der Waals surface area contributed by atoms with Crippen molar-refractivity contribution in [2.45, 2.75) is 6.92 Å². The average molecular weight is 360 g/mol. The normalized spacial score (nSPS) is 10.8. The Balaban J connectivity index is 2.21. The van der Waals surface area contributed by atoms with Crippen LogP contribution in [0.25, 0.3) is 10.8 Å². The van der Waals surface area contributed by atoms with Crippen molar-refractivity contribution in [3.63, 3.8) is 0 Å². The molecule has 0 bridgehead atoms. The topological polar surface area (TPSA) is 17.1 Å². The molecule has 0 spiro atoms. The Morgan fingerprint density at radius 3 is 2.57 bits per heavy atom. The minimum Gasteiger partial charge on any atom is -0.289 e. The van der Waals surface area contributed by atoms with E-state index in [0.29, 0.717) is 10.6 Å². The van der Waals surface area contributed by atoms with Crippen LogP contribution in [-0.4, -0.2) is 5.78 Å². The average Bonchev–Trinajstić information content (AvgIpc) is 2.49. The Kier molecular flexibility index (Phi) is 3.83. The van der Waals surface area contributed by atoms with E-state index in [1.165, 1.54) is 0 Å². The summed E-state index contributed by atoms with van der Waals surface area (Å²) in [5, 5.41) is 2.58. The summed E-state index contributed by atoms with van der Waals surface area (Å²) < 4.78 is 0.787. The molecule has 1 nitrogen and oxygen atoms in total. The second-order valence-electron chi connectivity index (χ2n) is 4.94. The first-order valence-corrected chi connectivity index (χ1v) is 7.73. The van der Waals surface area contributed by atoms with Crippen LogP contribution in [0.4, 0.5) is 0 Å². The Morgan fingerprint density at radius 1 is 1.05 bits per heavy atom. The molecular formula is C18H12BrClO. The van der Waals surface area contributed by atoms with E-state index in [1.807, 2.05) is 43.3 Å². The van der Waals surface area contributed by atoms with E-state index < -0.39 is 0 Å². The zero-order valence-corrected chi connectivity index (χ0v) is 13.7. The van der Waals surface area contributed by atoms with Gasteiger partial charge in [-0.25, -0.2) is 0 Å². The highest BCUT2D eigenvalue weighted by atomic mass is 79.9. The Morgan fingerprint density at radius 2 is 1.81 bits per heavy atom. The second-order valence-corrected chi connectivity index (χ2v) is 6.20. The van der Waals surface area contributed by atoms with Crippen LogP contribution in [0.1, 0.15) is 21.5 Å². The summed E-state index contributed by atoms with van der Waals surface area (Å²) in [6.45, 7) is 1.96. The van der Waals surface area contributed by atoms with E-state index in [1.54, 1.807) is 18.2 Å². The summed E-state index contributed by atoms with van der Waals surface area (Å²) in [5.74, 6) is -0.00120. The largest absolute Gasteiger partial charge is 0.289 e. The van der Waals surface area contributed by atoms with Crippen molar-refractivity contribution in [2.24, 2.45) is 0 Å². The Labute approximate surface area is 136 Å². The number of rotatable bonds is 2. The molecule has 0 aromatic heterocycles. The minimum atomic E-state index is -0.00120. The Hall–Kier alpha value is -1.64. The van der Waals surface area contributed by atoms with Crippen molar-refractivity contribution < 1.29 is 4.79 Å². The van der Waals surface area contributed by atoms with Crippen LogP contribution in [0.15, 0.2) is 59.1 Å². The third-order valence-corrected chi connectivity index (χ3v) is 4.78. The number of hydrogen-bond acceptors (Lipinski definition) is 1. The van der Waals surface area contributed by atoms with Crippen LogP contribution in [0.2, 0.25) is 5.02 Å². The summed E-state index contributed by atoms with van der Waals surface area (Å²) in [6, 6.07) is 17.2. The lowest BCUT2D eigenvalue weighted by Crippen LogP contribution is -2.05. The predicted octanol–water partition coefficient (Wildman–Crippen LogP) is 5.80. The first-order valence-electron chi connectivity index (χ1n) is 6.56. The van der Waals surface area contributed by atoms with Crippen molar-refractivity contribution in [1.29, 1.82) is 0 Å². The molecule has 3 aromatic rings. The van der Waals surface area contributed by atoms with Gasteiger partial charge in [0.05, 0.1) is 5.02 Å². The molecule has 0 amide bonds. The van der Waals surface area contributed by atoms with Crippen LogP contribution in [0.5, 0.6) is 0 Å². The number of fused-ring (bicyclic) bond motifs is 1. The van der Waals surface area contributed by atoms with Crippen molar-refractivity contribution in [1.82, 2.24) is 0 Å². The molecule has 0 saturated heterocycles. The van der Waals surface area contributed by atoms with E-state index in [9.17, 15) is 4.79 Å². The molecule has 0 fully saturated rings. The third kappa shape index (κ3) is 2.61. The van der Waals surface area contributed by atoms with Crippen LogP contribution >= 0.6 is 27.5 Å². The number of carbonyl (C=O) groups excluding carboxylic acids is 1. The zero-order chi connectivity index (χ0) is 15.0. The van der Waals surface area contributed by atoms with E-state index in [0.717, 1.165) is 26.4 Å². The summed E-state index contributed by atoms with van der Waals surface area (Å²) in [6.07, 6.45) is 0. The van der Waals surface area contributed by atoms with Gasteiger partial charge in [0.25, 0.3) is 0 Å². The van der Waals surface area contributed by atoms with Gasteiger partial charge < -0.3 is 0 Å². The van der Waals surface area contributed by atoms with E-state index in [4.69, 9.17) is 11.6 Å². The molecule has 0 aliphatic rings. The number of carbonyl (C=O) groups is 1. The number of halogens is 2.